The van der Waals surface area contributed by atoms with Crippen LogP contribution in [-0.2, 0) is 4.79 Å². The maximum atomic E-state index is 12.3. The number of hydrogen-bond acceptors (Lipinski definition) is 3. The summed E-state index contributed by atoms with van der Waals surface area (Å²) in [6.07, 6.45) is 0. The van der Waals surface area contributed by atoms with Crippen molar-refractivity contribution in [1.29, 1.82) is 0 Å². The number of amides is 2. The minimum atomic E-state index is -0.180. The lowest BCUT2D eigenvalue weighted by Gasteiger charge is -2.10. The highest BCUT2D eigenvalue weighted by molar-refractivity contribution is 6.32. The summed E-state index contributed by atoms with van der Waals surface area (Å²) in [6.45, 7) is 1.85. The van der Waals surface area contributed by atoms with Crippen LogP contribution in [0.5, 0.6) is 0 Å². The van der Waals surface area contributed by atoms with Crippen molar-refractivity contribution in [2.45, 2.75) is 6.92 Å². The molecule has 0 saturated heterocycles. The third-order valence-electron chi connectivity index (χ3n) is 3.73. The van der Waals surface area contributed by atoms with Gasteiger partial charge in [-0.2, -0.15) is 0 Å². The van der Waals surface area contributed by atoms with Crippen molar-refractivity contribution in [2.75, 3.05) is 17.7 Å². The van der Waals surface area contributed by atoms with Crippen LogP contribution in [0.4, 0.5) is 11.4 Å². The maximum absolute atomic E-state index is 12.3. The molecular weight excluding hydrogens is 290 g/mol. The molecule has 0 bridgehead atoms. The molecule has 2 amide bonds. The van der Waals surface area contributed by atoms with E-state index >= 15 is 0 Å². The standard InChI is InChI=1S/C18H17N3O2/c1-11(20-13-6-4-3-5-7-13)16-14-10-12(17(22)19-2)8-9-15(14)21-18(16)23/h3-10,20H,1-2H3,(H,19,22)(H,21,23)/b16-11-. The van der Waals surface area contributed by atoms with Gasteiger partial charge in [-0.25, -0.2) is 0 Å². The fourth-order valence-corrected chi connectivity index (χ4v) is 2.63. The molecule has 2 aromatic carbocycles. The second-order valence-corrected chi connectivity index (χ2v) is 5.28. The zero-order chi connectivity index (χ0) is 16.4. The third-order valence-corrected chi connectivity index (χ3v) is 3.73. The van der Waals surface area contributed by atoms with Crippen LogP contribution >= 0.6 is 0 Å². The van der Waals surface area contributed by atoms with Crippen LogP contribution in [0.2, 0.25) is 0 Å². The lowest BCUT2D eigenvalue weighted by Crippen LogP contribution is -2.17. The quantitative estimate of drug-likeness (QED) is 0.764. The topological polar surface area (TPSA) is 70.2 Å². The van der Waals surface area contributed by atoms with E-state index in [0.717, 1.165) is 16.9 Å². The van der Waals surface area contributed by atoms with Crippen molar-refractivity contribution >= 4 is 28.8 Å². The predicted molar refractivity (Wildman–Crippen MR) is 91.1 cm³/mol. The van der Waals surface area contributed by atoms with Gasteiger partial charge in [-0.3, -0.25) is 9.59 Å². The van der Waals surface area contributed by atoms with Crippen molar-refractivity contribution in [1.82, 2.24) is 5.32 Å². The second-order valence-electron chi connectivity index (χ2n) is 5.28. The molecule has 5 heteroatoms. The van der Waals surface area contributed by atoms with Gasteiger partial charge in [0.1, 0.15) is 0 Å². The summed E-state index contributed by atoms with van der Waals surface area (Å²) in [5, 5.41) is 8.66. The van der Waals surface area contributed by atoms with Crippen molar-refractivity contribution in [3.8, 4) is 0 Å². The number of carbonyl (C=O) groups excluding carboxylic acids is 2. The van der Waals surface area contributed by atoms with E-state index in [1.807, 2.05) is 37.3 Å². The molecule has 116 valence electrons. The van der Waals surface area contributed by atoms with Crippen LogP contribution in [0.25, 0.3) is 5.57 Å². The lowest BCUT2D eigenvalue weighted by molar-refractivity contribution is -0.110. The minimum absolute atomic E-state index is 0.171. The normalized spacial score (nSPS) is 14.8. The Morgan fingerprint density at radius 3 is 2.52 bits per heavy atom. The van der Waals surface area contributed by atoms with E-state index in [-0.39, 0.29) is 11.8 Å². The molecule has 1 aliphatic heterocycles. The monoisotopic (exact) mass is 307 g/mol. The summed E-state index contributed by atoms with van der Waals surface area (Å²) in [6, 6.07) is 14.8. The molecule has 23 heavy (non-hydrogen) atoms. The number of nitrogens with one attached hydrogen (secondary N) is 3. The molecular formula is C18H17N3O2. The van der Waals surface area contributed by atoms with Gasteiger partial charge in [0.2, 0.25) is 0 Å². The Hall–Kier alpha value is -3.08. The maximum Gasteiger partial charge on any atom is 0.258 e. The fraction of sp³-hybridized carbons (Fsp3) is 0.111. The molecule has 1 heterocycles. The fourth-order valence-electron chi connectivity index (χ4n) is 2.63. The van der Waals surface area contributed by atoms with Gasteiger partial charge in [0, 0.05) is 35.2 Å². The average molecular weight is 307 g/mol. The number of rotatable bonds is 3. The SMILES string of the molecule is CNC(=O)c1ccc2c(c1)/C(=C(\C)Nc1ccccc1)C(=O)N2. The summed E-state index contributed by atoms with van der Waals surface area (Å²) >= 11 is 0. The summed E-state index contributed by atoms with van der Waals surface area (Å²) in [7, 11) is 1.58. The van der Waals surface area contributed by atoms with Crippen molar-refractivity contribution in [2.24, 2.45) is 0 Å². The molecule has 0 aromatic heterocycles. The van der Waals surface area contributed by atoms with Crippen molar-refractivity contribution in [3.63, 3.8) is 0 Å². The van der Waals surface area contributed by atoms with Crippen LogP contribution in [0, 0.1) is 0 Å². The van der Waals surface area contributed by atoms with E-state index in [1.54, 1.807) is 25.2 Å². The van der Waals surface area contributed by atoms with Gasteiger partial charge in [-0.05, 0) is 37.3 Å². The zero-order valence-corrected chi connectivity index (χ0v) is 12.9. The van der Waals surface area contributed by atoms with Crippen LogP contribution < -0.4 is 16.0 Å². The molecule has 0 saturated carbocycles. The number of anilines is 2. The van der Waals surface area contributed by atoms with Gasteiger partial charge in [0.15, 0.2) is 0 Å². The van der Waals surface area contributed by atoms with Gasteiger partial charge < -0.3 is 16.0 Å². The Morgan fingerprint density at radius 2 is 1.83 bits per heavy atom. The van der Waals surface area contributed by atoms with E-state index in [4.69, 9.17) is 0 Å². The van der Waals surface area contributed by atoms with Gasteiger partial charge in [-0.15, -0.1) is 0 Å². The number of hydrogen-bond donors (Lipinski definition) is 3. The average Bonchev–Trinajstić information content (AvgIpc) is 2.89. The molecule has 3 rings (SSSR count). The summed E-state index contributed by atoms with van der Waals surface area (Å²) in [4.78, 5) is 24.1. The highest BCUT2D eigenvalue weighted by Crippen LogP contribution is 2.34. The van der Waals surface area contributed by atoms with Gasteiger partial charge in [-0.1, -0.05) is 18.2 Å². The van der Waals surface area contributed by atoms with Gasteiger partial charge >= 0.3 is 0 Å². The molecule has 0 unspecified atom stereocenters. The number of benzene rings is 2. The predicted octanol–water partition coefficient (Wildman–Crippen LogP) is 2.84. The zero-order valence-electron chi connectivity index (χ0n) is 12.9. The van der Waals surface area contributed by atoms with Crippen LogP contribution in [0.3, 0.4) is 0 Å². The van der Waals surface area contributed by atoms with E-state index in [1.165, 1.54) is 0 Å². The Kier molecular flexibility index (Phi) is 3.85. The molecule has 1 aliphatic rings. The lowest BCUT2D eigenvalue weighted by atomic mass is 10.0. The highest BCUT2D eigenvalue weighted by atomic mass is 16.2. The number of fused-ring (bicyclic) bond motifs is 1. The van der Waals surface area contributed by atoms with E-state index in [0.29, 0.717) is 16.8 Å². The number of allylic oxidation sites excluding steroid dienone is 1. The molecule has 0 atom stereocenters. The Bertz CT molecular complexity index is 810. The number of carbonyl (C=O) groups is 2. The van der Waals surface area contributed by atoms with Crippen LogP contribution in [0.15, 0.2) is 54.2 Å². The number of para-hydroxylation sites is 1. The highest BCUT2D eigenvalue weighted by Gasteiger charge is 2.27. The van der Waals surface area contributed by atoms with E-state index in [9.17, 15) is 9.59 Å². The van der Waals surface area contributed by atoms with Gasteiger partial charge in [0.25, 0.3) is 11.8 Å². The largest absolute Gasteiger partial charge is 0.358 e. The first kappa shape index (κ1) is 14.8. The van der Waals surface area contributed by atoms with Gasteiger partial charge in [0.05, 0.1) is 5.57 Å². The third kappa shape index (κ3) is 2.81. The molecule has 0 radical (unpaired) electrons. The van der Waals surface area contributed by atoms with E-state index in [2.05, 4.69) is 16.0 Å². The van der Waals surface area contributed by atoms with E-state index < -0.39 is 0 Å². The molecule has 0 fully saturated rings. The first-order chi connectivity index (χ1) is 11.1. The smallest absolute Gasteiger partial charge is 0.258 e. The Morgan fingerprint density at radius 1 is 1.09 bits per heavy atom. The van der Waals surface area contributed by atoms with Crippen molar-refractivity contribution in [3.05, 3.63) is 65.4 Å². The summed E-state index contributed by atoms with van der Waals surface area (Å²) in [5.41, 5.74) is 4.16. The second kappa shape index (κ2) is 5.96. The first-order valence-electron chi connectivity index (χ1n) is 7.31. The molecule has 0 aliphatic carbocycles. The molecule has 0 spiro atoms. The van der Waals surface area contributed by atoms with Crippen LogP contribution in [0.1, 0.15) is 22.8 Å². The Balaban J connectivity index is 2.02. The van der Waals surface area contributed by atoms with Crippen molar-refractivity contribution < 1.29 is 9.59 Å². The molecule has 3 N–H and O–H groups in total. The minimum Gasteiger partial charge on any atom is -0.358 e. The molecule has 2 aromatic rings. The van der Waals surface area contributed by atoms with Crippen LogP contribution in [-0.4, -0.2) is 18.9 Å². The summed E-state index contributed by atoms with van der Waals surface area (Å²) in [5.74, 6) is -0.352. The first-order valence-corrected chi connectivity index (χ1v) is 7.31. The Labute approximate surface area is 134 Å². The molecule has 5 nitrogen and oxygen atoms in total. The summed E-state index contributed by atoms with van der Waals surface area (Å²) < 4.78 is 0.